The van der Waals surface area contributed by atoms with Gasteiger partial charge in [0.25, 0.3) is 0 Å². The molecule has 0 radical (unpaired) electrons. The van der Waals surface area contributed by atoms with E-state index in [1.54, 1.807) is 6.92 Å². The Labute approximate surface area is 143 Å². The third kappa shape index (κ3) is 2.51. The average Bonchev–Trinajstić information content (AvgIpc) is 3.42. The van der Waals surface area contributed by atoms with E-state index < -0.39 is 0 Å². The minimum atomic E-state index is 0.105. The lowest BCUT2D eigenvalue weighted by molar-refractivity contribution is -0.117. The van der Waals surface area contributed by atoms with Crippen molar-refractivity contribution < 1.29 is 9.53 Å². The van der Waals surface area contributed by atoms with Crippen molar-refractivity contribution in [3.05, 3.63) is 24.4 Å². The van der Waals surface area contributed by atoms with Crippen LogP contribution in [0.15, 0.2) is 18.8 Å². The molecule has 1 aromatic heterocycles. The maximum Gasteiger partial charge on any atom is 0.224 e. The summed E-state index contributed by atoms with van der Waals surface area (Å²) in [7, 11) is 0. The number of carbonyl (C=O) groups excluding carboxylic acids is 1. The van der Waals surface area contributed by atoms with E-state index >= 15 is 0 Å². The molecule has 1 unspecified atom stereocenters. The second-order valence-electron chi connectivity index (χ2n) is 7.19. The van der Waals surface area contributed by atoms with Gasteiger partial charge in [0.15, 0.2) is 0 Å². The van der Waals surface area contributed by atoms with Crippen molar-refractivity contribution in [3.63, 3.8) is 0 Å². The molecule has 5 nitrogen and oxygen atoms in total. The van der Waals surface area contributed by atoms with Gasteiger partial charge in [-0.05, 0) is 30.4 Å². The molecule has 0 aromatic carbocycles. The van der Waals surface area contributed by atoms with Crippen LogP contribution in [0.5, 0.6) is 0 Å². The van der Waals surface area contributed by atoms with Gasteiger partial charge in [0, 0.05) is 37.5 Å². The van der Waals surface area contributed by atoms with Crippen LogP contribution in [0, 0.1) is 11.8 Å². The molecule has 0 spiro atoms. The topological polar surface area (TPSA) is 45.7 Å². The van der Waals surface area contributed by atoms with Crippen molar-refractivity contribution in [2.24, 2.45) is 11.8 Å². The van der Waals surface area contributed by atoms with Gasteiger partial charge in [-0.3, -0.25) is 4.79 Å². The summed E-state index contributed by atoms with van der Waals surface area (Å²) in [6.07, 6.45) is 4.29. The van der Waals surface area contributed by atoms with Gasteiger partial charge in [-0.15, -0.1) is 0 Å². The van der Waals surface area contributed by atoms with Crippen molar-refractivity contribution >= 4 is 23.0 Å². The number of carbonyl (C=O) groups is 1. The van der Waals surface area contributed by atoms with Crippen LogP contribution >= 0.6 is 0 Å². The third-order valence-electron chi connectivity index (χ3n) is 5.61. The predicted octanol–water partition coefficient (Wildman–Crippen LogP) is 2.71. The second-order valence-corrected chi connectivity index (χ2v) is 7.19. The van der Waals surface area contributed by atoms with E-state index in [-0.39, 0.29) is 17.9 Å². The molecule has 0 bridgehead atoms. The molecule has 3 aliphatic rings. The number of pyridine rings is 1. The second kappa shape index (κ2) is 5.88. The Morgan fingerprint density at radius 3 is 2.67 bits per heavy atom. The van der Waals surface area contributed by atoms with Crippen molar-refractivity contribution in [1.29, 1.82) is 0 Å². The smallest absolute Gasteiger partial charge is 0.224 e. The zero-order chi connectivity index (χ0) is 16.8. The van der Waals surface area contributed by atoms with Gasteiger partial charge in [0.1, 0.15) is 5.82 Å². The van der Waals surface area contributed by atoms with Crippen LogP contribution in [-0.4, -0.2) is 43.2 Å². The average molecular weight is 327 g/mol. The first-order valence-electron chi connectivity index (χ1n) is 8.89. The van der Waals surface area contributed by atoms with E-state index in [2.05, 4.69) is 29.5 Å². The lowest BCUT2D eigenvalue weighted by Crippen LogP contribution is -2.48. The number of hydrogen-bond acceptors (Lipinski definition) is 4. The minimum absolute atomic E-state index is 0.105. The number of nitrogens with zero attached hydrogens (tertiary/aromatic N) is 3. The first-order valence-corrected chi connectivity index (χ1v) is 8.89. The first-order chi connectivity index (χ1) is 11.6. The van der Waals surface area contributed by atoms with E-state index in [1.807, 2.05) is 11.1 Å². The molecule has 1 amide bonds. The molecule has 2 aliphatic heterocycles. The SMILES string of the molecule is C=C1c2cc(N3CCOCC3)ncc2N(C(C)=O)C(C2CC2)[C@H]1C. The van der Waals surface area contributed by atoms with Crippen molar-refractivity contribution in [2.45, 2.75) is 32.7 Å². The fraction of sp³-hybridized carbons (Fsp3) is 0.579. The molecule has 4 rings (SSSR count). The van der Waals surface area contributed by atoms with Crippen LogP contribution in [0.2, 0.25) is 0 Å². The number of amides is 1. The maximum absolute atomic E-state index is 12.4. The normalized spacial score (nSPS) is 27.2. The molecule has 2 atom stereocenters. The van der Waals surface area contributed by atoms with Crippen LogP contribution < -0.4 is 9.80 Å². The van der Waals surface area contributed by atoms with Gasteiger partial charge < -0.3 is 14.5 Å². The minimum Gasteiger partial charge on any atom is -0.378 e. The summed E-state index contributed by atoms with van der Waals surface area (Å²) >= 11 is 0. The van der Waals surface area contributed by atoms with Crippen molar-refractivity contribution in [1.82, 2.24) is 4.98 Å². The van der Waals surface area contributed by atoms with E-state index in [9.17, 15) is 4.79 Å². The Bertz CT molecular complexity index is 677. The number of rotatable bonds is 2. The maximum atomic E-state index is 12.4. The molecule has 1 saturated heterocycles. The summed E-state index contributed by atoms with van der Waals surface area (Å²) < 4.78 is 5.43. The molecule has 0 N–H and O–H groups in total. The van der Waals surface area contributed by atoms with Crippen LogP contribution in [0.4, 0.5) is 11.5 Å². The van der Waals surface area contributed by atoms with E-state index in [0.717, 1.165) is 48.9 Å². The van der Waals surface area contributed by atoms with Gasteiger partial charge in [-0.2, -0.15) is 0 Å². The zero-order valence-corrected chi connectivity index (χ0v) is 14.5. The quantitative estimate of drug-likeness (QED) is 0.838. The highest BCUT2D eigenvalue weighted by Crippen LogP contribution is 2.49. The summed E-state index contributed by atoms with van der Waals surface area (Å²) in [5.41, 5.74) is 3.14. The highest BCUT2D eigenvalue weighted by atomic mass is 16.5. The molecule has 128 valence electrons. The number of morpholine rings is 1. The highest BCUT2D eigenvalue weighted by molar-refractivity contribution is 5.98. The first kappa shape index (κ1) is 15.6. The lowest BCUT2D eigenvalue weighted by Gasteiger charge is -2.42. The van der Waals surface area contributed by atoms with Gasteiger partial charge in [-0.25, -0.2) is 4.98 Å². The summed E-state index contributed by atoms with van der Waals surface area (Å²) in [5.74, 6) is 1.95. The predicted molar refractivity (Wildman–Crippen MR) is 95.1 cm³/mol. The van der Waals surface area contributed by atoms with Crippen LogP contribution in [0.1, 0.15) is 32.3 Å². The number of aromatic nitrogens is 1. The molecule has 24 heavy (non-hydrogen) atoms. The zero-order valence-electron chi connectivity index (χ0n) is 14.5. The Balaban J connectivity index is 1.75. The van der Waals surface area contributed by atoms with Gasteiger partial charge in [0.2, 0.25) is 5.91 Å². The Morgan fingerprint density at radius 2 is 2.04 bits per heavy atom. The van der Waals surface area contributed by atoms with Crippen LogP contribution in [0.3, 0.4) is 0 Å². The standard InChI is InChI=1S/C19H25N3O2/c1-12-13(2)19(15-4-5-15)22(14(3)23)17-11-20-18(10-16(12)17)21-6-8-24-9-7-21/h10-11,13,15,19H,1,4-9H2,2-3H3/t13-,19?/m0/s1. The van der Waals surface area contributed by atoms with E-state index in [4.69, 9.17) is 4.74 Å². The summed E-state index contributed by atoms with van der Waals surface area (Å²) in [5, 5.41) is 0. The van der Waals surface area contributed by atoms with Crippen LogP contribution in [0.25, 0.3) is 5.57 Å². The Kier molecular flexibility index (Phi) is 3.83. The van der Waals surface area contributed by atoms with Gasteiger partial charge in [-0.1, -0.05) is 13.5 Å². The summed E-state index contributed by atoms with van der Waals surface area (Å²) in [6.45, 7) is 11.4. The molecule has 5 heteroatoms. The molecule has 1 aliphatic carbocycles. The van der Waals surface area contributed by atoms with Crippen molar-refractivity contribution in [3.8, 4) is 0 Å². The fourth-order valence-electron chi connectivity index (χ4n) is 4.12. The Morgan fingerprint density at radius 1 is 1.33 bits per heavy atom. The molecule has 2 fully saturated rings. The number of hydrogen-bond donors (Lipinski definition) is 0. The molecule has 3 heterocycles. The number of ether oxygens (including phenoxy) is 1. The fourth-order valence-corrected chi connectivity index (χ4v) is 4.12. The summed E-state index contributed by atoms with van der Waals surface area (Å²) in [4.78, 5) is 21.3. The molecular weight excluding hydrogens is 302 g/mol. The van der Waals surface area contributed by atoms with E-state index in [1.165, 1.54) is 12.8 Å². The third-order valence-corrected chi connectivity index (χ3v) is 5.61. The number of anilines is 2. The van der Waals surface area contributed by atoms with Gasteiger partial charge in [0.05, 0.1) is 25.1 Å². The monoisotopic (exact) mass is 327 g/mol. The molecule has 1 aromatic rings. The van der Waals surface area contributed by atoms with Gasteiger partial charge >= 0.3 is 0 Å². The molecule has 1 saturated carbocycles. The Hall–Kier alpha value is -1.88. The summed E-state index contributed by atoms with van der Waals surface area (Å²) in [6, 6.07) is 2.34. The highest BCUT2D eigenvalue weighted by Gasteiger charge is 2.45. The lowest BCUT2D eigenvalue weighted by atomic mass is 9.81. The van der Waals surface area contributed by atoms with Crippen LogP contribution in [-0.2, 0) is 9.53 Å². The van der Waals surface area contributed by atoms with Crippen molar-refractivity contribution in [2.75, 3.05) is 36.1 Å². The number of fused-ring (bicyclic) bond motifs is 1. The molecular formula is C19H25N3O2. The van der Waals surface area contributed by atoms with E-state index in [0.29, 0.717) is 5.92 Å². The largest absolute Gasteiger partial charge is 0.378 e.